The van der Waals surface area contributed by atoms with Crippen LogP contribution < -0.4 is 5.69 Å². The summed E-state index contributed by atoms with van der Waals surface area (Å²) in [6.07, 6.45) is 2.22. The number of hydrogen-bond donors (Lipinski definition) is 2. The molecule has 0 amide bonds. The molecule has 6 nitrogen and oxygen atoms in total. The molecule has 1 fully saturated rings. The van der Waals surface area contributed by atoms with Gasteiger partial charge < -0.3 is 9.97 Å². The fraction of sp³-hybridized carbons (Fsp3) is 0.162. The largest absolute Gasteiger partial charge is 0.323 e. The van der Waals surface area contributed by atoms with Crippen molar-refractivity contribution in [2.45, 2.75) is 25.3 Å². The molecule has 0 aliphatic carbocycles. The molecule has 0 spiro atoms. The van der Waals surface area contributed by atoms with Crippen molar-refractivity contribution in [1.29, 1.82) is 0 Å². The highest BCUT2D eigenvalue weighted by Crippen LogP contribution is 2.34. The van der Waals surface area contributed by atoms with E-state index < -0.39 is 0 Å². The van der Waals surface area contributed by atoms with Gasteiger partial charge in [0.05, 0.1) is 33.5 Å². The summed E-state index contributed by atoms with van der Waals surface area (Å²) in [5, 5.41) is 2.29. The van der Waals surface area contributed by atoms with Gasteiger partial charge in [-0.25, -0.2) is 14.8 Å². The van der Waals surface area contributed by atoms with Crippen LogP contribution in [0.1, 0.15) is 29.9 Å². The highest BCUT2D eigenvalue weighted by molar-refractivity contribution is 6.05. The van der Waals surface area contributed by atoms with Crippen LogP contribution in [0, 0.1) is 0 Å². The zero-order valence-corrected chi connectivity index (χ0v) is 23.8. The first-order chi connectivity index (χ1) is 21.2. The third-order valence-electron chi connectivity index (χ3n) is 8.84. The van der Waals surface area contributed by atoms with Crippen molar-refractivity contribution in [3.63, 3.8) is 0 Å². The summed E-state index contributed by atoms with van der Waals surface area (Å²) in [6.45, 7) is 3.03. The monoisotopic (exact) mass is 561 g/mol. The molecule has 3 heterocycles. The van der Waals surface area contributed by atoms with Gasteiger partial charge >= 0.3 is 5.69 Å². The first-order valence-electron chi connectivity index (χ1n) is 15.0. The summed E-state index contributed by atoms with van der Waals surface area (Å²) in [6, 6.07) is 38.1. The van der Waals surface area contributed by atoms with Crippen molar-refractivity contribution in [3.8, 4) is 22.5 Å². The van der Waals surface area contributed by atoms with Gasteiger partial charge in [-0.15, -0.1) is 0 Å². The Morgan fingerprint density at radius 2 is 1.42 bits per heavy atom. The average Bonchev–Trinajstić information content (AvgIpc) is 3.44. The second kappa shape index (κ2) is 10.6. The molecule has 1 aliphatic rings. The molecule has 7 aromatic rings. The van der Waals surface area contributed by atoms with Gasteiger partial charge in [-0.05, 0) is 66.6 Å². The van der Waals surface area contributed by atoms with Gasteiger partial charge in [-0.1, -0.05) is 91.0 Å². The van der Waals surface area contributed by atoms with Crippen LogP contribution >= 0.6 is 0 Å². The van der Waals surface area contributed by atoms with E-state index in [4.69, 9.17) is 9.97 Å². The normalized spacial score (nSPS) is 14.6. The van der Waals surface area contributed by atoms with Crippen molar-refractivity contribution in [2.24, 2.45) is 0 Å². The molecular weight excluding hydrogens is 530 g/mol. The van der Waals surface area contributed by atoms with E-state index in [0.717, 1.165) is 82.4 Å². The maximum absolute atomic E-state index is 11.7. The number of nitrogens with one attached hydrogen (secondary N) is 2. The van der Waals surface area contributed by atoms with Crippen molar-refractivity contribution in [3.05, 3.63) is 131 Å². The second-order valence-corrected chi connectivity index (χ2v) is 11.6. The van der Waals surface area contributed by atoms with E-state index in [0.29, 0.717) is 5.92 Å². The number of benzene rings is 5. The van der Waals surface area contributed by atoms with Crippen LogP contribution in [0.5, 0.6) is 0 Å². The van der Waals surface area contributed by atoms with E-state index >= 15 is 0 Å². The third-order valence-corrected chi connectivity index (χ3v) is 8.84. The lowest BCUT2D eigenvalue weighted by atomic mass is 9.89. The van der Waals surface area contributed by atoms with Crippen LogP contribution in [-0.2, 0) is 6.54 Å². The van der Waals surface area contributed by atoms with Gasteiger partial charge in [0.2, 0.25) is 0 Å². The van der Waals surface area contributed by atoms with Crippen LogP contribution in [-0.4, -0.2) is 37.9 Å². The number of hydrogen-bond acceptors (Lipinski definition) is 4. The van der Waals surface area contributed by atoms with E-state index in [2.05, 4.69) is 112 Å². The van der Waals surface area contributed by atoms with Crippen LogP contribution in [0.25, 0.3) is 55.4 Å². The van der Waals surface area contributed by atoms with Gasteiger partial charge in [0.1, 0.15) is 0 Å². The molecule has 1 saturated heterocycles. The molecule has 0 saturated carbocycles. The van der Waals surface area contributed by atoms with E-state index in [1.54, 1.807) is 0 Å². The summed E-state index contributed by atoms with van der Waals surface area (Å²) in [5.41, 5.74) is 10.0. The van der Waals surface area contributed by atoms with Gasteiger partial charge in [0.15, 0.2) is 0 Å². The maximum atomic E-state index is 11.7. The van der Waals surface area contributed by atoms with Crippen LogP contribution in [0.3, 0.4) is 0 Å². The highest BCUT2D eigenvalue weighted by atomic mass is 16.1. The smallest absolute Gasteiger partial charge is 0.306 e. The lowest BCUT2D eigenvalue weighted by molar-refractivity contribution is 0.204. The zero-order chi connectivity index (χ0) is 28.8. The summed E-state index contributed by atoms with van der Waals surface area (Å²) in [5.74, 6) is 0.514. The Hall–Kier alpha value is -5.07. The van der Waals surface area contributed by atoms with Crippen molar-refractivity contribution in [1.82, 2.24) is 24.8 Å². The molecule has 0 unspecified atom stereocenters. The Balaban J connectivity index is 1.05. The molecule has 43 heavy (non-hydrogen) atoms. The summed E-state index contributed by atoms with van der Waals surface area (Å²) >= 11 is 0. The Bertz CT molecular complexity index is 2140. The molecule has 0 atom stereocenters. The minimum atomic E-state index is -0.148. The molecule has 6 heteroatoms. The number of imidazole rings is 1. The molecule has 5 aromatic carbocycles. The molecule has 1 aliphatic heterocycles. The average molecular weight is 562 g/mol. The number of H-pyrrole nitrogens is 2. The number of aromatic nitrogens is 4. The quantitative estimate of drug-likeness (QED) is 0.212. The maximum Gasteiger partial charge on any atom is 0.323 e. The van der Waals surface area contributed by atoms with Crippen LogP contribution in [0.4, 0.5) is 0 Å². The molecule has 0 bridgehead atoms. The number of piperidine rings is 1. The molecule has 8 rings (SSSR count). The third kappa shape index (κ3) is 4.90. The van der Waals surface area contributed by atoms with Crippen LogP contribution in [0.15, 0.2) is 114 Å². The number of aromatic amines is 2. The molecule has 2 N–H and O–H groups in total. The first kappa shape index (κ1) is 25.6. The van der Waals surface area contributed by atoms with E-state index in [1.165, 1.54) is 16.5 Å². The Kier molecular flexibility index (Phi) is 6.34. The minimum Gasteiger partial charge on any atom is -0.306 e. The van der Waals surface area contributed by atoms with Crippen LogP contribution in [0.2, 0.25) is 0 Å². The number of likely N-dealkylation sites (tertiary alicyclic amines) is 1. The lowest BCUT2D eigenvalue weighted by Gasteiger charge is -2.32. The topological polar surface area (TPSA) is 77.7 Å². The molecule has 0 radical (unpaired) electrons. The predicted molar refractivity (Wildman–Crippen MR) is 174 cm³/mol. The van der Waals surface area contributed by atoms with Crippen molar-refractivity contribution >= 4 is 32.8 Å². The zero-order valence-electron chi connectivity index (χ0n) is 23.8. The molecule has 2 aromatic heterocycles. The lowest BCUT2D eigenvalue weighted by Crippen LogP contribution is -2.32. The summed E-state index contributed by atoms with van der Waals surface area (Å²) < 4.78 is 0. The van der Waals surface area contributed by atoms with E-state index in [-0.39, 0.29) is 5.69 Å². The van der Waals surface area contributed by atoms with Gasteiger partial charge in [0, 0.05) is 23.1 Å². The number of fused-ring (bicyclic) bond motifs is 4. The summed E-state index contributed by atoms with van der Waals surface area (Å²) in [7, 11) is 0. The summed E-state index contributed by atoms with van der Waals surface area (Å²) in [4.78, 5) is 30.3. The van der Waals surface area contributed by atoms with Gasteiger partial charge in [0.25, 0.3) is 0 Å². The Labute approximate surface area is 249 Å². The second-order valence-electron chi connectivity index (χ2n) is 11.6. The van der Waals surface area contributed by atoms with Crippen molar-refractivity contribution in [2.75, 3.05) is 13.1 Å². The SMILES string of the molecule is O=c1[nH]c2ccc(C3CCN(Cc4ccc(-c5nc6c(ccc7ccccc76)nc5-c5ccccc5)cc4)CC3)cc2[nH]1. The van der Waals surface area contributed by atoms with E-state index in [1.807, 2.05) is 12.1 Å². The van der Waals surface area contributed by atoms with E-state index in [9.17, 15) is 4.79 Å². The standard InChI is InChI=1S/C37H31N5O/c43-37-39-31-16-15-29(22-33(31)40-37)25-18-20-42(21-19-25)23-24-10-12-28(13-11-24)35-34(27-7-2-1-3-8-27)38-32-17-14-26-6-4-5-9-30(26)36(32)41-35/h1-17,22,25H,18-21,23H2,(H2,39,40,43). The van der Waals surface area contributed by atoms with Crippen molar-refractivity contribution < 1.29 is 0 Å². The number of nitrogens with zero attached hydrogens (tertiary/aromatic N) is 3. The highest BCUT2D eigenvalue weighted by Gasteiger charge is 2.21. The Morgan fingerprint density at radius 3 is 2.26 bits per heavy atom. The Morgan fingerprint density at radius 1 is 0.698 bits per heavy atom. The molecule has 210 valence electrons. The van der Waals surface area contributed by atoms with Gasteiger partial charge in [-0.2, -0.15) is 0 Å². The fourth-order valence-corrected chi connectivity index (χ4v) is 6.54. The van der Waals surface area contributed by atoms with Gasteiger partial charge in [-0.3, -0.25) is 4.90 Å². The fourth-order valence-electron chi connectivity index (χ4n) is 6.54. The molecular formula is C37H31N5O. The number of rotatable bonds is 5. The predicted octanol–water partition coefficient (Wildman–Crippen LogP) is 7.67. The first-order valence-corrected chi connectivity index (χ1v) is 15.0. The minimum absolute atomic E-state index is 0.148.